The van der Waals surface area contributed by atoms with Crippen LogP contribution in [0.5, 0.6) is 0 Å². The van der Waals surface area contributed by atoms with Gasteiger partial charge in [-0.1, -0.05) is 12.1 Å². The molecule has 1 amide bonds. The van der Waals surface area contributed by atoms with E-state index in [0.29, 0.717) is 12.3 Å². The molecule has 2 heterocycles. The molecule has 1 saturated heterocycles. The summed E-state index contributed by atoms with van der Waals surface area (Å²) in [6.07, 6.45) is 4.52. The van der Waals surface area contributed by atoms with E-state index in [9.17, 15) is 4.79 Å². The van der Waals surface area contributed by atoms with Crippen molar-refractivity contribution in [2.24, 2.45) is 11.7 Å². The summed E-state index contributed by atoms with van der Waals surface area (Å²) in [7, 11) is 0. The Hall–Kier alpha value is -1.46. The van der Waals surface area contributed by atoms with Gasteiger partial charge in [-0.3, -0.25) is 4.79 Å². The molecule has 1 aliphatic rings. The Kier molecular flexibility index (Phi) is 5.05. The highest BCUT2D eigenvalue weighted by atomic mass is 32.1. The molecule has 1 aliphatic heterocycles. The molecule has 0 saturated carbocycles. The molecular formula is C17H23N3OS. The van der Waals surface area contributed by atoms with Crippen LogP contribution in [0.3, 0.4) is 0 Å². The second-order valence-corrected chi connectivity index (χ2v) is 7.10. The van der Waals surface area contributed by atoms with E-state index in [-0.39, 0.29) is 5.91 Å². The normalized spacial score (nSPS) is 16.3. The molecule has 0 unspecified atom stereocenters. The van der Waals surface area contributed by atoms with Crippen LogP contribution in [0.1, 0.15) is 30.7 Å². The molecule has 3 rings (SSSR count). The molecule has 1 aromatic carbocycles. The maximum absolute atomic E-state index is 12.2. The fourth-order valence-corrected chi connectivity index (χ4v) is 4.00. The van der Waals surface area contributed by atoms with Crippen LogP contribution in [0.15, 0.2) is 24.3 Å². The van der Waals surface area contributed by atoms with Gasteiger partial charge in [0.1, 0.15) is 0 Å². The topological polar surface area (TPSA) is 59.2 Å². The summed E-state index contributed by atoms with van der Waals surface area (Å²) < 4.78 is 1.23. The van der Waals surface area contributed by atoms with E-state index in [2.05, 4.69) is 11.1 Å². The van der Waals surface area contributed by atoms with Crippen molar-refractivity contribution < 1.29 is 4.79 Å². The molecule has 0 spiro atoms. The van der Waals surface area contributed by atoms with Crippen LogP contribution in [0.4, 0.5) is 0 Å². The Bertz CT molecular complexity index is 599. The fraction of sp³-hybridized carbons (Fsp3) is 0.529. The first-order chi connectivity index (χ1) is 10.8. The fourth-order valence-electron chi connectivity index (χ4n) is 2.99. The van der Waals surface area contributed by atoms with Crippen LogP contribution in [-0.2, 0) is 11.2 Å². The van der Waals surface area contributed by atoms with Gasteiger partial charge in [0.05, 0.1) is 15.2 Å². The number of thiazole rings is 1. The van der Waals surface area contributed by atoms with Crippen molar-refractivity contribution >= 4 is 27.5 Å². The van der Waals surface area contributed by atoms with E-state index in [1.54, 1.807) is 11.3 Å². The van der Waals surface area contributed by atoms with Crippen molar-refractivity contribution in [3.8, 4) is 0 Å². The number of nitrogens with two attached hydrogens (primary N) is 1. The van der Waals surface area contributed by atoms with Gasteiger partial charge in [0.2, 0.25) is 5.91 Å². The number of aryl methyl sites for hydroxylation is 1. The lowest BCUT2D eigenvalue weighted by Crippen LogP contribution is -2.39. The highest BCUT2D eigenvalue weighted by molar-refractivity contribution is 7.18. The molecule has 1 aromatic heterocycles. The third kappa shape index (κ3) is 3.65. The third-order valence-corrected chi connectivity index (χ3v) is 5.52. The SMILES string of the molecule is NCC1CCN(C(=O)CCCc2nc3ccccc3s2)CC1. The zero-order valence-electron chi connectivity index (χ0n) is 12.8. The van der Waals surface area contributed by atoms with Crippen LogP contribution in [0, 0.1) is 5.92 Å². The maximum atomic E-state index is 12.2. The number of amides is 1. The Morgan fingerprint density at radius 1 is 1.32 bits per heavy atom. The van der Waals surface area contributed by atoms with E-state index in [4.69, 9.17) is 5.73 Å². The number of benzene rings is 1. The lowest BCUT2D eigenvalue weighted by atomic mass is 9.97. The first kappa shape index (κ1) is 15.4. The van der Waals surface area contributed by atoms with Gasteiger partial charge in [-0.2, -0.15) is 0 Å². The Labute approximate surface area is 135 Å². The molecule has 0 radical (unpaired) electrons. The predicted octanol–water partition coefficient (Wildman–Crippen LogP) is 2.82. The highest BCUT2D eigenvalue weighted by Gasteiger charge is 2.21. The molecule has 22 heavy (non-hydrogen) atoms. The molecule has 2 aromatic rings. The average molecular weight is 317 g/mol. The number of carbonyl (C=O) groups excluding carboxylic acids is 1. The summed E-state index contributed by atoms with van der Waals surface area (Å²) in [5.41, 5.74) is 6.76. The summed E-state index contributed by atoms with van der Waals surface area (Å²) in [4.78, 5) is 18.9. The molecule has 1 fully saturated rings. The summed E-state index contributed by atoms with van der Waals surface area (Å²) in [6.45, 7) is 2.50. The smallest absolute Gasteiger partial charge is 0.222 e. The second-order valence-electron chi connectivity index (χ2n) is 5.99. The lowest BCUT2D eigenvalue weighted by Gasteiger charge is -2.31. The average Bonchev–Trinajstić information content (AvgIpc) is 2.97. The minimum atomic E-state index is 0.289. The minimum Gasteiger partial charge on any atom is -0.343 e. The van der Waals surface area contributed by atoms with Gasteiger partial charge in [0.15, 0.2) is 0 Å². The number of likely N-dealkylation sites (tertiary alicyclic amines) is 1. The van der Waals surface area contributed by atoms with Crippen LogP contribution >= 0.6 is 11.3 Å². The van der Waals surface area contributed by atoms with Crippen LogP contribution in [0.2, 0.25) is 0 Å². The van der Waals surface area contributed by atoms with Gasteiger partial charge >= 0.3 is 0 Å². The number of carbonyl (C=O) groups is 1. The van der Waals surface area contributed by atoms with Crippen molar-refractivity contribution in [2.75, 3.05) is 19.6 Å². The largest absolute Gasteiger partial charge is 0.343 e. The molecule has 4 nitrogen and oxygen atoms in total. The number of fused-ring (bicyclic) bond motifs is 1. The Balaban J connectivity index is 1.45. The van der Waals surface area contributed by atoms with Crippen molar-refractivity contribution in [3.05, 3.63) is 29.3 Å². The Morgan fingerprint density at radius 2 is 2.09 bits per heavy atom. The first-order valence-electron chi connectivity index (χ1n) is 8.08. The van der Waals surface area contributed by atoms with E-state index >= 15 is 0 Å². The van der Waals surface area contributed by atoms with Crippen LogP contribution in [-0.4, -0.2) is 35.4 Å². The molecule has 5 heteroatoms. The highest BCUT2D eigenvalue weighted by Crippen LogP contribution is 2.23. The Morgan fingerprint density at radius 3 is 2.82 bits per heavy atom. The predicted molar refractivity (Wildman–Crippen MR) is 90.9 cm³/mol. The third-order valence-electron chi connectivity index (χ3n) is 4.42. The van der Waals surface area contributed by atoms with Gasteiger partial charge < -0.3 is 10.6 Å². The van der Waals surface area contributed by atoms with Gasteiger partial charge in [0.25, 0.3) is 0 Å². The monoisotopic (exact) mass is 317 g/mol. The second kappa shape index (κ2) is 7.20. The van der Waals surface area contributed by atoms with E-state index < -0.39 is 0 Å². The van der Waals surface area contributed by atoms with Crippen molar-refractivity contribution in [3.63, 3.8) is 0 Å². The lowest BCUT2D eigenvalue weighted by molar-refractivity contribution is -0.132. The standard InChI is InChI=1S/C17H23N3OS/c18-12-13-8-10-20(11-9-13)17(21)7-3-6-16-19-14-4-1-2-5-15(14)22-16/h1-2,4-5,13H,3,6-12,18H2. The van der Waals surface area contributed by atoms with Gasteiger partial charge in [-0.05, 0) is 50.3 Å². The summed E-state index contributed by atoms with van der Waals surface area (Å²) >= 11 is 1.74. The summed E-state index contributed by atoms with van der Waals surface area (Å²) in [6, 6.07) is 8.20. The quantitative estimate of drug-likeness (QED) is 0.922. The number of piperidine rings is 1. The van der Waals surface area contributed by atoms with E-state index in [1.807, 2.05) is 23.1 Å². The molecular weight excluding hydrogens is 294 g/mol. The minimum absolute atomic E-state index is 0.289. The number of rotatable bonds is 5. The molecule has 0 bridgehead atoms. The van der Waals surface area contributed by atoms with Gasteiger partial charge in [-0.25, -0.2) is 4.98 Å². The van der Waals surface area contributed by atoms with Crippen molar-refractivity contribution in [1.82, 2.24) is 9.88 Å². The van der Waals surface area contributed by atoms with E-state index in [0.717, 1.165) is 55.8 Å². The first-order valence-corrected chi connectivity index (χ1v) is 8.90. The van der Waals surface area contributed by atoms with E-state index in [1.165, 1.54) is 4.70 Å². The number of para-hydroxylation sites is 1. The van der Waals surface area contributed by atoms with Gasteiger partial charge in [0, 0.05) is 19.5 Å². The maximum Gasteiger partial charge on any atom is 0.222 e. The van der Waals surface area contributed by atoms with Gasteiger partial charge in [-0.15, -0.1) is 11.3 Å². The zero-order chi connectivity index (χ0) is 15.4. The zero-order valence-corrected chi connectivity index (χ0v) is 13.6. The number of nitrogens with zero attached hydrogens (tertiary/aromatic N) is 2. The molecule has 118 valence electrons. The number of aromatic nitrogens is 1. The van der Waals surface area contributed by atoms with Crippen molar-refractivity contribution in [1.29, 1.82) is 0 Å². The number of hydrogen-bond acceptors (Lipinski definition) is 4. The number of hydrogen-bond donors (Lipinski definition) is 1. The van der Waals surface area contributed by atoms with Crippen LogP contribution in [0.25, 0.3) is 10.2 Å². The van der Waals surface area contributed by atoms with Crippen LogP contribution < -0.4 is 5.73 Å². The summed E-state index contributed by atoms with van der Waals surface area (Å²) in [5, 5.41) is 1.14. The molecule has 0 atom stereocenters. The molecule has 2 N–H and O–H groups in total. The van der Waals surface area contributed by atoms with Crippen molar-refractivity contribution in [2.45, 2.75) is 32.1 Å². The molecule has 0 aliphatic carbocycles. The summed E-state index contributed by atoms with van der Waals surface area (Å²) in [5.74, 6) is 0.892.